The summed E-state index contributed by atoms with van der Waals surface area (Å²) in [7, 11) is 0. The van der Waals surface area contributed by atoms with Crippen molar-refractivity contribution in [2.45, 2.75) is 0 Å². The molecule has 0 unspecified atom stereocenters. The van der Waals surface area contributed by atoms with Gasteiger partial charge >= 0.3 is 0 Å². The summed E-state index contributed by atoms with van der Waals surface area (Å²) >= 11 is 6.98. The third kappa shape index (κ3) is 3.81. The summed E-state index contributed by atoms with van der Waals surface area (Å²) < 4.78 is 14.2. The highest BCUT2D eigenvalue weighted by atomic mass is 35.5. The number of aromatic nitrogens is 1. The lowest BCUT2D eigenvalue weighted by molar-refractivity contribution is -0.384. The number of carbonyl (C=O) groups is 1. The smallest absolute Gasteiger partial charge is 0.270 e. The van der Waals surface area contributed by atoms with E-state index >= 15 is 0 Å². The van der Waals surface area contributed by atoms with Gasteiger partial charge in [0.2, 0.25) is 5.91 Å². The number of anilines is 1. The van der Waals surface area contributed by atoms with Gasteiger partial charge in [0.05, 0.1) is 20.2 Å². The maximum atomic E-state index is 13.6. The van der Waals surface area contributed by atoms with E-state index in [1.807, 2.05) is 0 Å². The molecule has 1 N–H and O–H groups in total. The van der Waals surface area contributed by atoms with Crippen molar-refractivity contribution in [2.75, 3.05) is 5.32 Å². The Hall–Kier alpha value is -2.84. The molecule has 0 aliphatic rings. The van der Waals surface area contributed by atoms with Crippen LogP contribution in [0.3, 0.4) is 0 Å². The molecule has 1 amide bonds. The van der Waals surface area contributed by atoms with Crippen molar-refractivity contribution >= 4 is 56.0 Å². The standard InChI is InChI=1S/C16H9ClFN3O3S/c17-11-2-1-3-12(18)10(11)5-7-15(22)20-16-19-13-6-4-9(21(23)24)8-14(13)25-16/h1-8H,(H,19,20,22)/b7-5+. The van der Waals surface area contributed by atoms with Crippen LogP contribution in [0.25, 0.3) is 16.3 Å². The average Bonchev–Trinajstić information content (AvgIpc) is 2.95. The number of rotatable bonds is 4. The minimum atomic E-state index is -0.538. The van der Waals surface area contributed by atoms with Crippen molar-refractivity contribution in [1.29, 1.82) is 0 Å². The molecule has 0 radical (unpaired) electrons. The molecule has 0 aliphatic carbocycles. The Morgan fingerprint density at radius 1 is 1.36 bits per heavy atom. The van der Waals surface area contributed by atoms with E-state index in [2.05, 4.69) is 10.3 Å². The molecule has 1 heterocycles. The molecule has 3 aromatic rings. The lowest BCUT2D eigenvalue weighted by Crippen LogP contribution is -2.07. The summed E-state index contributed by atoms with van der Waals surface area (Å²) in [5.41, 5.74) is 0.592. The van der Waals surface area contributed by atoms with E-state index in [-0.39, 0.29) is 21.4 Å². The average molecular weight is 378 g/mol. The fraction of sp³-hybridized carbons (Fsp3) is 0. The predicted molar refractivity (Wildman–Crippen MR) is 95.3 cm³/mol. The molecule has 0 saturated heterocycles. The number of nitrogens with one attached hydrogen (secondary N) is 1. The number of halogens is 2. The van der Waals surface area contributed by atoms with E-state index < -0.39 is 16.6 Å². The number of nitro groups is 1. The van der Waals surface area contributed by atoms with Gasteiger partial charge in [-0.2, -0.15) is 0 Å². The van der Waals surface area contributed by atoms with Gasteiger partial charge in [0.25, 0.3) is 5.69 Å². The minimum Gasteiger partial charge on any atom is -0.298 e. The first-order valence-corrected chi connectivity index (χ1v) is 8.11. The summed E-state index contributed by atoms with van der Waals surface area (Å²) in [5.74, 6) is -1.06. The molecule has 0 spiro atoms. The quantitative estimate of drug-likeness (QED) is 0.407. The lowest BCUT2D eigenvalue weighted by atomic mass is 10.2. The van der Waals surface area contributed by atoms with E-state index in [9.17, 15) is 19.3 Å². The molecule has 3 rings (SSSR count). The van der Waals surface area contributed by atoms with Crippen LogP contribution in [0.1, 0.15) is 5.56 Å². The zero-order valence-electron chi connectivity index (χ0n) is 12.4. The second-order valence-electron chi connectivity index (χ2n) is 4.89. The summed E-state index contributed by atoms with van der Waals surface area (Å²) in [5, 5.41) is 13.8. The third-order valence-corrected chi connectivity index (χ3v) is 4.48. The topological polar surface area (TPSA) is 85.1 Å². The molecule has 126 valence electrons. The second kappa shape index (κ2) is 6.96. The number of nitro benzene ring substituents is 1. The SMILES string of the molecule is O=C(/C=C/c1c(F)cccc1Cl)Nc1nc2ccc([N+](=O)[O-])cc2s1. The number of benzene rings is 2. The number of hydrogen-bond acceptors (Lipinski definition) is 5. The van der Waals surface area contributed by atoms with Gasteiger partial charge in [0.15, 0.2) is 5.13 Å². The Labute approximate surface area is 149 Å². The van der Waals surface area contributed by atoms with Crippen LogP contribution in [-0.4, -0.2) is 15.8 Å². The predicted octanol–water partition coefficient (Wildman–Crippen LogP) is 4.65. The zero-order chi connectivity index (χ0) is 18.0. The van der Waals surface area contributed by atoms with Gasteiger partial charge in [-0.05, 0) is 24.3 Å². The van der Waals surface area contributed by atoms with Gasteiger partial charge in [0.1, 0.15) is 5.82 Å². The minimum absolute atomic E-state index is 0.0527. The highest BCUT2D eigenvalue weighted by Crippen LogP contribution is 2.29. The molecule has 0 aliphatic heterocycles. The number of carbonyl (C=O) groups excluding carboxylic acids is 1. The Morgan fingerprint density at radius 3 is 2.88 bits per heavy atom. The third-order valence-electron chi connectivity index (χ3n) is 3.21. The van der Waals surface area contributed by atoms with Crippen LogP contribution in [0.2, 0.25) is 5.02 Å². The zero-order valence-corrected chi connectivity index (χ0v) is 14.0. The summed E-state index contributed by atoms with van der Waals surface area (Å²) in [6, 6.07) is 8.46. The van der Waals surface area contributed by atoms with Crippen LogP contribution in [0, 0.1) is 15.9 Å². The lowest BCUT2D eigenvalue weighted by Gasteiger charge is -1.99. The van der Waals surface area contributed by atoms with Gasteiger partial charge in [-0.3, -0.25) is 20.2 Å². The number of hydrogen-bond donors (Lipinski definition) is 1. The fourth-order valence-electron chi connectivity index (χ4n) is 2.06. The molecule has 1 aromatic heterocycles. The van der Waals surface area contributed by atoms with Crippen molar-refractivity contribution < 1.29 is 14.1 Å². The van der Waals surface area contributed by atoms with Crippen LogP contribution in [-0.2, 0) is 4.79 Å². The summed E-state index contributed by atoms with van der Waals surface area (Å²) in [4.78, 5) is 26.4. The monoisotopic (exact) mass is 377 g/mol. The highest BCUT2D eigenvalue weighted by molar-refractivity contribution is 7.22. The van der Waals surface area contributed by atoms with Crippen LogP contribution in [0.5, 0.6) is 0 Å². The van der Waals surface area contributed by atoms with Crippen molar-refractivity contribution in [1.82, 2.24) is 4.98 Å². The van der Waals surface area contributed by atoms with Gasteiger partial charge in [0, 0.05) is 23.8 Å². The van der Waals surface area contributed by atoms with Crippen LogP contribution >= 0.6 is 22.9 Å². The van der Waals surface area contributed by atoms with E-state index in [1.165, 1.54) is 42.5 Å². The summed E-state index contributed by atoms with van der Waals surface area (Å²) in [6.45, 7) is 0. The molecular weight excluding hydrogens is 369 g/mol. The maximum Gasteiger partial charge on any atom is 0.270 e. The molecule has 0 bridgehead atoms. The Bertz CT molecular complexity index is 999. The Balaban J connectivity index is 1.78. The molecule has 9 heteroatoms. The van der Waals surface area contributed by atoms with E-state index in [0.29, 0.717) is 10.2 Å². The molecule has 6 nitrogen and oxygen atoms in total. The number of amides is 1. The van der Waals surface area contributed by atoms with Crippen molar-refractivity contribution in [3.63, 3.8) is 0 Å². The molecule has 0 fully saturated rings. The van der Waals surface area contributed by atoms with Crippen LogP contribution in [0.4, 0.5) is 15.2 Å². The molecular formula is C16H9ClFN3O3S. The first kappa shape index (κ1) is 17.0. The van der Waals surface area contributed by atoms with Gasteiger partial charge < -0.3 is 0 Å². The number of fused-ring (bicyclic) bond motifs is 1. The van der Waals surface area contributed by atoms with Crippen molar-refractivity contribution in [3.05, 3.63) is 69.0 Å². The summed E-state index contributed by atoms with van der Waals surface area (Å²) in [6.07, 6.45) is 2.41. The number of non-ortho nitro benzene ring substituents is 1. The van der Waals surface area contributed by atoms with Crippen LogP contribution in [0.15, 0.2) is 42.5 Å². The first-order chi connectivity index (χ1) is 11.9. The van der Waals surface area contributed by atoms with Crippen molar-refractivity contribution in [3.8, 4) is 0 Å². The molecule has 2 aromatic carbocycles. The first-order valence-electron chi connectivity index (χ1n) is 6.92. The van der Waals surface area contributed by atoms with Crippen LogP contribution < -0.4 is 5.32 Å². The highest BCUT2D eigenvalue weighted by Gasteiger charge is 2.11. The number of nitrogens with zero attached hydrogens (tertiary/aromatic N) is 2. The second-order valence-corrected chi connectivity index (χ2v) is 6.32. The Kier molecular flexibility index (Phi) is 4.73. The number of thiazole rings is 1. The van der Waals surface area contributed by atoms with Gasteiger partial charge in [-0.25, -0.2) is 9.37 Å². The van der Waals surface area contributed by atoms with E-state index in [0.717, 1.165) is 17.4 Å². The molecule has 0 atom stereocenters. The molecule has 0 saturated carbocycles. The van der Waals surface area contributed by atoms with Gasteiger partial charge in [-0.15, -0.1) is 0 Å². The van der Waals surface area contributed by atoms with Crippen molar-refractivity contribution in [2.24, 2.45) is 0 Å². The largest absolute Gasteiger partial charge is 0.298 e. The van der Waals surface area contributed by atoms with Gasteiger partial charge in [-0.1, -0.05) is 29.0 Å². The fourth-order valence-corrected chi connectivity index (χ4v) is 3.18. The normalized spacial score (nSPS) is 11.1. The van der Waals surface area contributed by atoms with E-state index in [1.54, 1.807) is 0 Å². The maximum absolute atomic E-state index is 13.6. The van der Waals surface area contributed by atoms with E-state index in [4.69, 9.17) is 11.6 Å². The Morgan fingerprint density at radius 2 is 2.16 bits per heavy atom. The molecule has 25 heavy (non-hydrogen) atoms.